The summed E-state index contributed by atoms with van der Waals surface area (Å²) < 4.78 is 39.6. The Hall–Kier alpha value is -0.880. The zero-order valence-corrected chi connectivity index (χ0v) is 16.3. The summed E-state index contributed by atoms with van der Waals surface area (Å²) in [6, 6.07) is 5.83. The second kappa shape index (κ2) is 7.16. The van der Waals surface area contributed by atoms with Gasteiger partial charge >= 0.3 is 5.51 Å². The van der Waals surface area contributed by atoms with E-state index in [1.54, 1.807) is 15.8 Å². The number of thioether (sulfide) groups is 1. The van der Waals surface area contributed by atoms with Crippen LogP contribution in [0.25, 0.3) is 0 Å². The minimum atomic E-state index is -4.32. The summed E-state index contributed by atoms with van der Waals surface area (Å²) >= 11 is 1.88. The molecule has 0 bridgehead atoms. The molecule has 0 aliphatic carbocycles. The molecule has 4 nitrogen and oxygen atoms in total. The lowest BCUT2D eigenvalue weighted by Crippen LogP contribution is -2.42. The van der Waals surface area contributed by atoms with Crippen molar-refractivity contribution in [3.05, 3.63) is 39.7 Å². The third-order valence-electron chi connectivity index (χ3n) is 3.44. The summed E-state index contributed by atoms with van der Waals surface area (Å²) in [5, 5.41) is 4.20. The average molecular weight is 487 g/mol. The van der Waals surface area contributed by atoms with E-state index < -0.39 is 5.51 Å². The highest BCUT2D eigenvalue weighted by Crippen LogP contribution is 2.38. The van der Waals surface area contributed by atoms with E-state index in [0.717, 1.165) is 3.57 Å². The number of nitrogens with zero attached hydrogens (tertiary/aromatic N) is 3. The van der Waals surface area contributed by atoms with Gasteiger partial charge < -0.3 is 4.90 Å². The van der Waals surface area contributed by atoms with Crippen molar-refractivity contribution in [1.82, 2.24) is 9.78 Å². The molecule has 24 heavy (non-hydrogen) atoms. The molecule has 0 saturated carbocycles. The standard InChI is InChI=1S/C14H11F3IN3OS.H2S/c1-8-7-20(13(22)12-11(18)6-19-21(8)12)9-2-4-10(5-3-9)23-14(15,16)17;/h2-6,8H,7H2,1H3;1H2/t8-;/m0./s1. The van der Waals surface area contributed by atoms with Gasteiger partial charge in [-0.1, -0.05) is 0 Å². The molecule has 1 aromatic heterocycles. The first kappa shape index (κ1) is 19.4. The van der Waals surface area contributed by atoms with Crippen molar-refractivity contribution in [1.29, 1.82) is 0 Å². The van der Waals surface area contributed by atoms with Gasteiger partial charge in [-0.15, -0.1) is 0 Å². The van der Waals surface area contributed by atoms with Crippen LogP contribution in [-0.4, -0.2) is 27.7 Å². The Balaban J connectivity index is 0.00000208. The highest BCUT2D eigenvalue weighted by atomic mass is 127. The van der Waals surface area contributed by atoms with Crippen molar-refractivity contribution >= 4 is 59.4 Å². The lowest BCUT2D eigenvalue weighted by atomic mass is 10.1. The molecule has 0 spiro atoms. The monoisotopic (exact) mass is 487 g/mol. The van der Waals surface area contributed by atoms with Crippen LogP contribution in [-0.2, 0) is 0 Å². The van der Waals surface area contributed by atoms with Crippen LogP contribution in [0.15, 0.2) is 35.4 Å². The average Bonchev–Trinajstić information content (AvgIpc) is 2.85. The van der Waals surface area contributed by atoms with Crippen LogP contribution >= 0.6 is 47.8 Å². The van der Waals surface area contributed by atoms with Crippen LogP contribution < -0.4 is 4.90 Å². The molecule has 2 aromatic rings. The number of halogens is 4. The van der Waals surface area contributed by atoms with E-state index in [-0.39, 0.29) is 42.1 Å². The largest absolute Gasteiger partial charge is 0.446 e. The number of amides is 1. The molecule has 130 valence electrons. The van der Waals surface area contributed by atoms with E-state index in [0.29, 0.717) is 17.9 Å². The number of rotatable bonds is 2. The normalized spacial score (nSPS) is 17.5. The molecular weight excluding hydrogens is 474 g/mol. The molecular formula is C14H13F3IN3OS2. The van der Waals surface area contributed by atoms with Crippen molar-refractivity contribution in [2.24, 2.45) is 0 Å². The fourth-order valence-corrected chi connectivity index (χ4v) is 3.62. The molecule has 2 heterocycles. The lowest BCUT2D eigenvalue weighted by Gasteiger charge is -2.32. The Morgan fingerprint density at radius 2 is 1.92 bits per heavy atom. The third kappa shape index (κ3) is 3.85. The van der Waals surface area contributed by atoms with Gasteiger partial charge in [0.1, 0.15) is 5.69 Å². The van der Waals surface area contributed by atoms with Crippen LogP contribution in [0.5, 0.6) is 0 Å². The van der Waals surface area contributed by atoms with Crippen molar-refractivity contribution in [3.8, 4) is 0 Å². The molecule has 0 fully saturated rings. The highest BCUT2D eigenvalue weighted by Gasteiger charge is 2.33. The highest BCUT2D eigenvalue weighted by molar-refractivity contribution is 14.1. The summed E-state index contributed by atoms with van der Waals surface area (Å²) in [5.74, 6) is -0.193. The first-order valence-electron chi connectivity index (χ1n) is 6.67. The minimum absolute atomic E-state index is 0. The van der Waals surface area contributed by atoms with Gasteiger partial charge in [0.15, 0.2) is 0 Å². The number of alkyl halides is 3. The zero-order chi connectivity index (χ0) is 16.8. The van der Waals surface area contributed by atoms with Crippen LogP contribution in [0, 0.1) is 3.57 Å². The number of hydrogen-bond acceptors (Lipinski definition) is 3. The minimum Gasteiger partial charge on any atom is -0.305 e. The fraction of sp³-hybridized carbons (Fsp3) is 0.286. The molecule has 0 unspecified atom stereocenters. The predicted octanol–water partition coefficient (Wildman–Crippen LogP) is 4.43. The van der Waals surface area contributed by atoms with Crippen molar-refractivity contribution in [2.75, 3.05) is 11.4 Å². The summed E-state index contributed by atoms with van der Waals surface area (Å²) in [6.07, 6.45) is 1.64. The van der Waals surface area contributed by atoms with Gasteiger partial charge in [0.05, 0.1) is 15.8 Å². The Morgan fingerprint density at radius 3 is 2.50 bits per heavy atom. The van der Waals surface area contributed by atoms with Gasteiger partial charge in [-0.05, 0) is 65.5 Å². The number of aromatic nitrogens is 2. The first-order valence-corrected chi connectivity index (χ1v) is 8.56. The van der Waals surface area contributed by atoms with Crippen molar-refractivity contribution in [2.45, 2.75) is 23.4 Å². The fourth-order valence-electron chi connectivity index (χ4n) is 2.48. The number of fused-ring (bicyclic) bond motifs is 1. The van der Waals surface area contributed by atoms with Crippen LogP contribution in [0.1, 0.15) is 23.5 Å². The molecule has 0 saturated heterocycles. The van der Waals surface area contributed by atoms with Crippen LogP contribution in [0.3, 0.4) is 0 Å². The number of carbonyl (C=O) groups excluding carboxylic acids is 1. The number of anilines is 1. The maximum absolute atomic E-state index is 12.6. The van der Waals surface area contributed by atoms with E-state index >= 15 is 0 Å². The molecule has 1 aliphatic heterocycles. The van der Waals surface area contributed by atoms with Gasteiger partial charge in [-0.3, -0.25) is 9.48 Å². The van der Waals surface area contributed by atoms with E-state index in [1.165, 1.54) is 24.3 Å². The van der Waals surface area contributed by atoms with Crippen molar-refractivity contribution < 1.29 is 18.0 Å². The number of carbonyl (C=O) groups is 1. The summed E-state index contributed by atoms with van der Waals surface area (Å²) in [7, 11) is 0. The quantitative estimate of drug-likeness (QED) is 0.465. The van der Waals surface area contributed by atoms with Gasteiger partial charge in [0, 0.05) is 17.1 Å². The molecule has 1 aliphatic rings. The summed E-state index contributed by atoms with van der Waals surface area (Å²) in [5.41, 5.74) is -3.23. The van der Waals surface area contributed by atoms with Gasteiger partial charge in [-0.2, -0.15) is 31.8 Å². The molecule has 1 aromatic carbocycles. The Bertz CT molecular complexity index is 749. The maximum atomic E-state index is 12.6. The molecule has 1 amide bonds. The topological polar surface area (TPSA) is 38.1 Å². The van der Waals surface area contributed by atoms with E-state index in [9.17, 15) is 18.0 Å². The van der Waals surface area contributed by atoms with Crippen molar-refractivity contribution in [3.63, 3.8) is 0 Å². The smallest absolute Gasteiger partial charge is 0.305 e. The van der Waals surface area contributed by atoms with E-state index in [4.69, 9.17) is 0 Å². The molecule has 0 N–H and O–H groups in total. The van der Waals surface area contributed by atoms with E-state index in [2.05, 4.69) is 27.7 Å². The Kier molecular flexibility index (Phi) is 5.80. The second-order valence-electron chi connectivity index (χ2n) is 5.09. The third-order valence-corrected chi connectivity index (χ3v) is 4.97. The summed E-state index contributed by atoms with van der Waals surface area (Å²) in [4.78, 5) is 14.3. The maximum Gasteiger partial charge on any atom is 0.446 e. The first-order chi connectivity index (χ1) is 10.8. The lowest BCUT2D eigenvalue weighted by molar-refractivity contribution is -0.0328. The Morgan fingerprint density at radius 1 is 1.29 bits per heavy atom. The van der Waals surface area contributed by atoms with Gasteiger partial charge in [0.25, 0.3) is 5.91 Å². The zero-order valence-electron chi connectivity index (χ0n) is 12.3. The molecule has 3 rings (SSSR count). The predicted molar refractivity (Wildman–Crippen MR) is 100 cm³/mol. The van der Waals surface area contributed by atoms with Crippen LogP contribution in [0.4, 0.5) is 18.9 Å². The molecule has 10 heteroatoms. The van der Waals surface area contributed by atoms with Crippen LogP contribution in [0.2, 0.25) is 0 Å². The van der Waals surface area contributed by atoms with Gasteiger partial charge in [-0.25, -0.2) is 0 Å². The molecule has 0 radical (unpaired) electrons. The number of benzene rings is 1. The SMILES string of the molecule is C[C@H]1CN(c2ccc(SC(F)(F)F)cc2)C(=O)c2c(I)cnn21.S. The van der Waals surface area contributed by atoms with E-state index in [1.807, 2.05) is 6.92 Å². The summed E-state index contributed by atoms with van der Waals surface area (Å²) in [6.45, 7) is 2.37. The van der Waals surface area contributed by atoms with Gasteiger partial charge in [0.2, 0.25) is 0 Å². The Labute approximate surface area is 161 Å². The molecule has 1 atom stereocenters. The number of hydrogen-bond donors (Lipinski definition) is 0. The second-order valence-corrected chi connectivity index (χ2v) is 7.39.